The highest BCUT2D eigenvalue weighted by atomic mass is 32.2. The molecule has 1 aromatic heterocycles. The Morgan fingerprint density at radius 3 is 2.75 bits per heavy atom. The average Bonchev–Trinajstić information content (AvgIpc) is 3.28. The molecular formula is C21H26FN3O2S. The van der Waals surface area contributed by atoms with Crippen LogP contribution in [0.3, 0.4) is 0 Å². The predicted octanol–water partition coefficient (Wildman–Crippen LogP) is 3.71. The van der Waals surface area contributed by atoms with Crippen molar-refractivity contribution < 1.29 is 12.8 Å². The van der Waals surface area contributed by atoms with Gasteiger partial charge < -0.3 is 0 Å². The quantitative estimate of drug-likeness (QED) is 0.748. The summed E-state index contributed by atoms with van der Waals surface area (Å²) in [5.74, 6) is 0.688. The Balaban J connectivity index is 1.54. The van der Waals surface area contributed by atoms with E-state index < -0.39 is 10.0 Å². The normalized spacial score (nSPS) is 21.7. The molecule has 0 saturated carbocycles. The smallest absolute Gasteiger partial charge is 0.211 e. The van der Waals surface area contributed by atoms with Crippen LogP contribution < -0.4 is 4.72 Å². The van der Waals surface area contributed by atoms with Crippen LogP contribution in [0.15, 0.2) is 41.6 Å². The summed E-state index contributed by atoms with van der Waals surface area (Å²) < 4.78 is 41.0. The van der Waals surface area contributed by atoms with Crippen molar-refractivity contribution in [2.75, 3.05) is 12.8 Å². The molecule has 4 rings (SSSR count). The Kier molecular flexibility index (Phi) is 5.14. The molecule has 1 N–H and O–H groups in total. The lowest BCUT2D eigenvalue weighted by atomic mass is 9.79. The van der Waals surface area contributed by atoms with Gasteiger partial charge in [0.05, 0.1) is 23.3 Å². The van der Waals surface area contributed by atoms with Crippen LogP contribution in [0.1, 0.15) is 49.8 Å². The molecule has 0 radical (unpaired) electrons. The van der Waals surface area contributed by atoms with Gasteiger partial charge in [-0.05, 0) is 62.9 Å². The lowest BCUT2D eigenvalue weighted by Gasteiger charge is -2.27. The molecule has 28 heavy (non-hydrogen) atoms. The van der Waals surface area contributed by atoms with Gasteiger partial charge in [0.15, 0.2) is 0 Å². The largest absolute Gasteiger partial charge is 0.237 e. The Morgan fingerprint density at radius 2 is 2.04 bits per heavy atom. The fourth-order valence-corrected chi connectivity index (χ4v) is 5.56. The number of hydrogen-bond donors (Lipinski definition) is 1. The molecule has 0 aliphatic heterocycles. The molecule has 2 aliphatic rings. The molecule has 150 valence electrons. The van der Waals surface area contributed by atoms with Gasteiger partial charge in [0.1, 0.15) is 5.82 Å². The van der Waals surface area contributed by atoms with E-state index in [9.17, 15) is 12.8 Å². The number of benzene rings is 1. The molecule has 2 aromatic rings. The van der Waals surface area contributed by atoms with E-state index in [1.807, 2.05) is 10.9 Å². The van der Waals surface area contributed by atoms with Crippen molar-refractivity contribution in [2.24, 2.45) is 5.92 Å². The first kappa shape index (κ1) is 19.3. The lowest BCUT2D eigenvalue weighted by Crippen LogP contribution is -2.22. The first-order chi connectivity index (χ1) is 13.4. The topological polar surface area (TPSA) is 64.0 Å². The van der Waals surface area contributed by atoms with Gasteiger partial charge in [-0.1, -0.05) is 18.1 Å². The number of fused-ring (bicyclic) bond motifs is 1. The molecule has 0 unspecified atom stereocenters. The molecule has 0 saturated heterocycles. The maximum absolute atomic E-state index is 13.3. The molecule has 0 fully saturated rings. The summed E-state index contributed by atoms with van der Waals surface area (Å²) in [6.45, 7) is 2.23. The molecule has 7 heteroatoms. The van der Waals surface area contributed by atoms with Crippen molar-refractivity contribution in [3.05, 3.63) is 58.7 Å². The Bertz CT molecular complexity index is 1010. The van der Waals surface area contributed by atoms with Gasteiger partial charge in [0, 0.05) is 17.9 Å². The number of aromatic nitrogens is 2. The molecule has 1 heterocycles. The predicted molar refractivity (Wildman–Crippen MR) is 107 cm³/mol. The van der Waals surface area contributed by atoms with Gasteiger partial charge in [-0.3, -0.25) is 0 Å². The van der Waals surface area contributed by atoms with Gasteiger partial charge in [-0.2, -0.15) is 5.10 Å². The van der Waals surface area contributed by atoms with Crippen LogP contribution in [-0.2, 0) is 16.4 Å². The first-order valence-electron chi connectivity index (χ1n) is 9.85. The highest BCUT2D eigenvalue weighted by Gasteiger charge is 2.35. The van der Waals surface area contributed by atoms with Crippen LogP contribution in [-0.4, -0.2) is 31.0 Å². The van der Waals surface area contributed by atoms with Crippen molar-refractivity contribution in [2.45, 2.75) is 44.9 Å². The molecular weight excluding hydrogens is 377 g/mol. The summed E-state index contributed by atoms with van der Waals surface area (Å²) in [7, 11) is -1.67. The standard InChI is InChI=1S/C21H26FN3O2S/c1-14-19-13-24-25(18-9-7-17(22)8-10-18)20(19)12-16-6-5-15(21(14)16)4-3-11-28(26,27)23-2/h7-10,13-15,23H,3-6,11-12H2,1-2H3/t14-,15+/m0/s1. The maximum Gasteiger partial charge on any atom is 0.211 e. The second kappa shape index (κ2) is 7.44. The number of rotatable bonds is 6. The van der Waals surface area contributed by atoms with Gasteiger partial charge in [0.2, 0.25) is 10.0 Å². The van der Waals surface area contributed by atoms with Crippen LogP contribution in [0.4, 0.5) is 4.39 Å². The third kappa shape index (κ3) is 3.53. The summed E-state index contributed by atoms with van der Waals surface area (Å²) in [5, 5.41) is 4.59. The zero-order valence-electron chi connectivity index (χ0n) is 16.3. The number of hydrogen-bond acceptors (Lipinski definition) is 3. The molecule has 5 nitrogen and oxygen atoms in total. The average molecular weight is 404 g/mol. The molecule has 1 aromatic carbocycles. The minimum atomic E-state index is -3.14. The van der Waals surface area contributed by atoms with Crippen LogP contribution in [0.2, 0.25) is 0 Å². The fourth-order valence-electron chi connectivity index (χ4n) is 4.81. The summed E-state index contributed by atoms with van der Waals surface area (Å²) in [6.07, 6.45) is 6.57. The zero-order valence-corrected chi connectivity index (χ0v) is 17.1. The first-order valence-corrected chi connectivity index (χ1v) is 11.5. The lowest BCUT2D eigenvalue weighted by molar-refractivity contribution is 0.516. The Morgan fingerprint density at radius 1 is 1.29 bits per heavy atom. The van der Waals surface area contributed by atoms with E-state index in [2.05, 4.69) is 16.7 Å². The van der Waals surface area contributed by atoms with Crippen LogP contribution in [0.25, 0.3) is 5.69 Å². The van der Waals surface area contributed by atoms with E-state index in [4.69, 9.17) is 0 Å². The van der Waals surface area contributed by atoms with Crippen LogP contribution in [0.5, 0.6) is 0 Å². The number of allylic oxidation sites excluding steroid dienone is 2. The maximum atomic E-state index is 13.3. The minimum absolute atomic E-state index is 0.185. The highest BCUT2D eigenvalue weighted by Crippen LogP contribution is 2.48. The van der Waals surface area contributed by atoms with E-state index in [1.54, 1.807) is 12.1 Å². The second-order valence-corrected chi connectivity index (χ2v) is 9.84. The van der Waals surface area contributed by atoms with Gasteiger partial charge in [-0.15, -0.1) is 0 Å². The number of sulfonamides is 1. The van der Waals surface area contributed by atoms with E-state index in [1.165, 1.54) is 41.6 Å². The zero-order chi connectivity index (χ0) is 19.9. The molecule has 0 amide bonds. The summed E-state index contributed by atoms with van der Waals surface area (Å²) in [4.78, 5) is 0. The number of nitrogens with one attached hydrogen (secondary N) is 1. The summed E-state index contributed by atoms with van der Waals surface area (Å²) in [5.41, 5.74) is 6.28. The van der Waals surface area contributed by atoms with Gasteiger partial charge >= 0.3 is 0 Å². The molecule has 2 atom stereocenters. The van der Waals surface area contributed by atoms with Crippen molar-refractivity contribution >= 4 is 10.0 Å². The summed E-state index contributed by atoms with van der Waals surface area (Å²) >= 11 is 0. The third-order valence-corrected chi connectivity index (χ3v) is 7.65. The van der Waals surface area contributed by atoms with Crippen LogP contribution >= 0.6 is 0 Å². The Labute approximate surface area is 165 Å². The summed E-state index contributed by atoms with van der Waals surface area (Å²) in [6, 6.07) is 6.45. The molecule has 2 aliphatic carbocycles. The van der Waals surface area contributed by atoms with Crippen molar-refractivity contribution in [3.63, 3.8) is 0 Å². The monoisotopic (exact) mass is 403 g/mol. The van der Waals surface area contributed by atoms with Crippen molar-refractivity contribution in [3.8, 4) is 5.69 Å². The van der Waals surface area contributed by atoms with Gasteiger partial charge in [0.25, 0.3) is 0 Å². The van der Waals surface area contributed by atoms with E-state index in [0.29, 0.717) is 18.3 Å². The molecule has 0 bridgehead atoms. The highest BCUT2D eigenvalue weighted by molar-refractivity contribution is 7.89. The van der Waals surface area contributed by atoms with Gasteiger partial charge in [-0.25, -0.2) is 22.2 Å². The minimum Gasteiger partial charge on any atom is -0.237 e. The number of nitrogens with zero attached hydrogens (tertiary/aromatic N) is 2. The second-order valence-electron chi connectivity index (χ2n) is 7.79. The SMILES string of the molecule is CNS(=O)(=O)CCC[C@@H]1CCC2=C1[C@@H](C)c1cnn(-c3ccc(F)cc3)c1C2. The van der Waals surface area contributed by atoms with E-state index in [-0.39, 0.29) is 11.6 Å². The fraction of sp³-hybridized carbons (Fsp3) is 0.476. The van der Waals surface area contributed by atoms with Crippen molar-refractivity contribution in [1.29, 1.82) is 0 Å². The Hall–Kier alpha value is -1.99. The molecule has 0 spiro atoms. The number of halogens is 1. The van der Waals surface area contributed by atoms with E-state index in [0.717, 1.165) is 31.4 Å². The van der Waals surface area contributed by atoms with Crippen LogP contribution in [0, 0.1) is 11.7 Å². The van der Waals surface area contributed by atoms with Crippen molar-refractivity contribution in [1.82, 2.24) is 14.5 Å². The third-order valence-electron chi connectivity index (χ3n) is 6.21. The van der Waals surface area contributed by atoms with E-state index >= 15 is 0 Å².